The lowest BCUT2D eigenvalue weighted by molar-refractivity contribution is -0.137. The van der Waals surface area contributed by atoms with E-state index in [1.165, 1.54) is 18.2 Å². The molecular weight excluding hydrogens is 684 g/mol. The molecule has 0 unspecified atom stereocenters. The Balaban J connectivity index is 1.43. The van der Waals surface area contributed by atoms with Gasteiger partial charge in [0.2, 0.25) is 17.7 Å². The summed E-state index contributed by atoms with van der Waals surface area (Å²) in [6.07, 6.45) is 30.4. The van der Waals surface area contributed by atoms with Crippen molar-refractivity contribution in [2.75, 3.05) is 6.61 Å². The number of carbonyl (C=O) groups is 5. The Morgan fingerprint density at radius 1 is 0.481 bits per heavy atom. The molecule has 4 fully saturated rings. The van der Waals surface area contributed by atoms with Crippen molar-refractivity contribution in [3.8, 4) is 0 Å². The fourth-order valence-corrected chi connectivity index (χ4v) is 8.56. The van der Waals surface area contributed by atoms with Crippen LogP contribution in [0.4, 0.5) is 4.79 Å². The smallest absolute Gasteiger partial charge is 0.408 e. The van der Waals surface area contributed by atoms with E-state index >= 15 is 0 Å². The van der Waals surface area contributed by atoms with E-state index in [0.29, 0.717) is 6.61 Å². The second-order valence-corrected chi connectivity index (χ2v) is 17.0. The number of ether oxygens (including phenoxy) is 2. The second kappa shape index (κ2) is 19.6. The second-order valence-electron chi connectivity index (χ2n) is 17.0. The standard InChI is InChI=1S/C43H66N4O7/c1-5-53-37(51)21-33-42(26-14-8-15-27-42)46-35(49)19-31-40(22-10-6-11-23-40)44-34(48)18-30-41(24-12-7-13-25-41)45-36(50)20-32-43(28-16-9-17-29-43)47-38(52)54-39(2,3)4/h18-21,30-33H,5-17,22-29H2,1-4H3,(H,44,48)(H,45,50)(H,46,49)(H,47,52)/b30-18+,31-19+,32-20+,33-21+. The van der Waals surface area contributed by atoms with Gasteiger partial charge in [-0.2, -0.15) is 0 Å². The molecule has 54 heavy (non-hydrogen) atoms. The highest BCUT2D eigenvalue weighted by molar-refractivity contribution is 5.91. The van der Waals surface area contributed by atoms with Crippen molar-refractivity contribution in [2.24, 2.45) is 0 Å². The number of rotatable bonds is 13. The highest BCUT2D eigenvalue weighted by Crippen LogP contribution is 2.34. The van der Waals surface area contributed by atoms with Crippen LogP contribution >= 0.6 is 0 Å². The third kappa shape index (κ3) is 13.8. The minimum Gasteiger partial charge on any atom is -0.463 e. The van der Waals surface area contributed by atoms with E-state index in [1.807, 2.05) is 39.0 Å². The number of amides is 4. The van der Waals surface area contributed by atoms with E-state index in [0.717, 1.165) is 128 Å². The Bertz CT molecular complexity index is 1410. The van der Waals surface area contributed by atoms with Gasteiger partial charge in [0.25, 0.3) is 0 Å². The molecule has 4 saturated carbocycles. The van der Waals surface area contributed by atoms with Crippen molar-refractivity contribution in [1.29, 1.82) is 0 Å². The van der Waals surface area contributed by atoms with Crippen LogP contribution in [0.3, 0.4) is 0 Å². The van der Waals surface area contributed by atoms with Gasteiger partial charge < -0.3 is 30.7 Å². The zero-order chi connectivity index (χ0) is 39.1. The van der Waals surface area contributed by atoms with Gasteiger partial charge in [0, 0.05) is 24.3 Å². The number of hydrogen-bond acceptors (Lipinski definition) is 7. The quantitative estimate of drug-likeness (QED) is 0.113. The van der Waals surface area contributed by atoms with Crippen molar-refractivity contribution in [3.05, 3.63) is 48.6 Å². The average molecular weight is 751 g/mol. The lowest BCUT2D eigenvalue weighted by atomic mass is 9.80. The molecule has 0 bridgehead atoms. The summed E-state index contributed by atoms with van der Waals surface area (Å²) in [6, 6.07) is 0. The van der Waals surface area contributed by atoms with Crippen molar-refractivity contribution in [1.82, 2.24) is 21.3 Å². The Labute approximate surface area is 323 Å². The SMILES string of the molecule is CCOC(=O)/C=C/C1(NC(=O)/C=C/C2(NC(=O)/C=C/C3(NC(=O)/C=C/C4(NC(=O)OC(C)(C)C)CCCCC4)CCCCC3)CCCCC2)CCCCC1. The summed E-state index contributed by atoms with van der Waals surface area (Å²) in [5.74, 6) is -1.20. The van der Waals surface area contributed by atoms with Crippen molar-refractivity contribution in [3.63, 3.8) is 0 Å². The first-order chi connectivity index (χ1) is 25.7. The fourth-order valence-electron chi connectivity index (χ4n) is 8.56. The van der Waals surface area contributed by atoms with Gasteiger partial charge in [0.1, 0.15) is 5.60 Å². The normalized spacial score (nSPS) is 22.4. The lowest BCUT2D eigenvalue weighted by Crippen LogP contribution is -2.51. The largest absolute Gasteiger partial charge is 0.463 e. The van der Waals surface area contributed by atoms with Gasteiger partial charge in [-0.05, 0) is 79.1 Å². The van der Waals surface area contributed by atoms with Crippen molar-refractivity contribution in [2.45, 2.75) is 184 Å². The van der Waals surface area contributed by atoms with Crippen molar-refractivity contribution >= 4 is 29.8 Å². The third-order valence-electron chi connectivity index (χ3n) is 11.3. The summed E-state index contributed by atoms with van der Waals surface area (Å²) in [5, 5.41) is 12.7. The van der Waals surface area contributed by atoms with Crippen LogP contribution in [0.25, 0.3) is 0 Å². The first kappa shape index (κ1) is 42.8. The van der Waals surface area contributed by atoms with E-state index in [1.54, 1.807) is 19.1 Å². The predicted molar refractivity (Wildman–Crippen MR) is 210 cm³/mol. The van der Waals surface area contributed by atoms with E-state index < -0.39 is 39.8 Å². The predicted octanol–water partition coefficient (Wildman–Crippen LogP) is 7.46. The molecule has 0 aromatic heterocycles. The number of hydrogen-bond donors (Lipinski definition) is 4. The third-order valence-corrected chi connectivity index (χ3v) is 11.3. The van der Waals surface area contributed by atoms with Crippen LogP contribution in [0.5, 0.6) is 0 Å². The zero-order valence-corrected chi connectivity index (χ0v) is 33.3. The molecule has 4 N–H and O–H groups in total. The molecule has 11 nitrogen and oxygen atoms in total. The van der Waals surface area contributed by atoms with Crippen LogP contribution in [0.2, 0.25) is 0 Å². The van der Waals surface area contributed by atoms with Gasteiger partial charge in [-0.25, -0.2) is 9.59 Å². The molecule has 0 radical (unpaired) electrons. The Morgan fingerprint density at radius 2 is 0.778 bits per heavy atom. The highest BCUT2D eigenvalue weighted by atomic mass is 16.6. The van der Waals surface area contributed by atoms with Crippen LogP contribution in [0, 0.1) is 0 Å². The van der Waals surface area contributed by atoms with Gasteiger partial charge in [-0.1, -0.05) is 101 Å². The van der Waals surface area contributed by atoms with Crippen LogP contribution < -0.4 is 21.3 Å². The molecule has 0 atom stereocenters. The average Bonchev–Trinajstić information content (AvgIpc) is 3.13. The Morgan fingerprint density at radius 3 is 1.07 bits per heavy atom. The summed E-state index contributed by atoms with van der Waals surface area (Å²) in [6.45, 7) is 7.54. The monoisotopic (exact) mass is 750 g/mol. The molecule has 0 aromatic rings. The molecule has 4 aliphatic rings. The van der Waals surface area contributed by atoms with Crippen LogP contribution in [-0.2, 0) is 28.7 Å². The molecule has 4 aliphatic carbocycles. The molecule has 4 rings (SSSR count). The summed E-state index contributed by atoms with van der Waals surface area (Å²) in [5.41, 5.74) is -3.23. The van der Waals surface area contributed by atoms with Crippen LogP contribution in [0.15, 0.2) is 48.6 Å². The van der Waals surface area contributed by atoms with Gasteiger partial charge in [0.15, 0.2) is 0 Å². The molecule has 0 saturated heterocycles. The first-order valence-electron chi connectivity index (χ1n) is 20.6. The number of carbonyl (C=O) groups excluding carboxylic acids is 5. The molecule has 0 aliphatic heterocycles. The molecule has 300 valence electrons. The van der Waals surface area contributed by atoms with E-state index in [4.69, 9.17) is 9.47 Å². The molecular formula is C43H66N4O7. The molecule has 0 spiro atoms. The first-order valence-corrected chi connectivity index (χ1v) is 20.6. The summed E-state index contributed by atoms with van der Waals surface area (Å²) in [4.78, 5) is 65.3. The van der Waals surface area contributed by atoms with Crippen LogP contribution in [-0.4, -0.2) is 64.1 Å². The van der Waals surface area contributed by atoms with E-state index in [-0.39, 0.29) is 17.7 Å². The van der Waals surface area contributed by atoms with Gasteiger partial charge in [-0.3, -0.25) is 14.4 Å². The van der Waals surface area contributed by atoms with Crippen molar-refractivity contribution < 1.29 is 33.4 Å². The van der Waals surface area contributed by atoms with Crippen LogP contribution in [0.1, 0.15) is 156 Å². The fraction of sp³-hybridized carbons (Fsp3) is 0.698. The minimum absolute atomic E-state index is 0.256. The van der Waals surface area contributed by atoms with Gasteiger partial charge in [-0.15, -0.1) is 0 Å². The number of nitrogens with one attached hydrogen (secondary N) is 4. The lowest BCUT2D eigenvalue weighted by Gasteiger charge is -2.37. The topological polar surface area (TPSA) is 152 Å². The number of esters is 1. The summed E-state index contributed by atoms with van der Waals surface area (Å²) >= 11 is 0. The summed E-state index contributed by atoms with van der Waals surface area (Å²) < 4.78 is 10.6. The molecule has 4 amide bonds. The summed E-state index contributed by atoms with van der Waals surface area (Å²) in [7, 11) is 0. The Kier molecular flexibility index (Phi) is 15.6. The maximum atomic E-state index is 13.6. The zero-order valence-electron chi connectivity index (χ0n) is 33.3. The minimum atomic E-state index is -0.670. The van der Waals surface area contributed by atoms with Gasteiger partial charge in [0.05, 0.1) is 28.8 Å². The van der Waals surface area contributed by atoms with Gasteiger partial charge >= 0.3 is 12.1 Å². The number of alkyl carbamates (subject to hydrolysis) is 1. The van der Waals surface area contributed by atoms with E-state index in [9.17, 15) is 24.0 Å². The highest BCUT2D eigenvalue weighted by Gasteiger charge is 2.36. The molecule has 11 heteroatoms. The maximum Gasteiger partial charge on any atom is 0.408 e. The maximum absolute atomic E-state index is 13.6. The molecule has 0 heterocycles. The van der Waals surface area contributed by atoms with E-state index in [2.05, 4.69) is 21.3 Å². The Hall–Kier alpha value is -3.89. The molecule has 0 aromatic carbocycles.